The second-order valence-electron chi connectivity index (χ2n) is 4.64. The molecule has 0 amide bonds. The highest BCUT2D eigenvalue weighted by Gasteiger charge is 2.24. The summed E-state index contributed by atoms with van der Waals surface area (Å²) in [5, 5.41) is 13.1. The van der Waals surface area contributed by atoms with Crippen molar-refractivity contribution in [1.82, 2.24) is 4.98 Å². The van der Waals surface area contributed by atoms with Gasteiger partial charge in [0.2, 0.25) is 0 Å². The first-order valence-corrected chi connectivity index (χ1v) is 7.97. The molecule has 1 aromatic rings. The minimum atomic E-state index is -1.10. The van der Waals surface area contributed by atoms with Gasteiger partial charge in [-0.3, -0.25) is 0 Å². The number of aromatic carboxylic acids is 1. The Bertz CT molecular complexity index is 470. The lowest BCUT2D eigenvalue weighted by Gasteiger charge is -2.31. The van der Waals surface area contributed by atoms with E-state index in [4.69, 9.17) is 16.7 Å². The molecular weight excluding hydrogens is 284 g/mol. The third-order valence-electron chi connectivity index (χ3n) is 3.39. The van der Waals surface area contributed by atoms with E-state index in [-0.39, 0.29) is 10.7 Å². The molecule has 1 fully saturated rings. The van der Waals surface area contributed by atoms with Gasteiger partial charge in [-0.1, -0.05) is 24.4 Å². The molecule has 6 heteroatoms. The third kappa shape index (κ3) is 3.54. The molecular formula is C13H17ClN2O2S. The lowest BCUT2D eigenvalue weighted by atomic mass is 9.95. The lowest BCUT2D eigenvalue weighted by molar-refractivity contribution is 0.0691. The molecule has 0 aliphatic heterocycles. The fourth-order valence-corrected chi connectivity index (χ4v) is 3.53. The number of carboxylic acid groups (broad SMARTS) is 1. The highest BCUT2D eigenvalue weighted by molar-refractivity contribution is 7.99. The van der Waals surface area contributed by atoms with Gasteiger partial charge in [-0.05, 0) is 31.2 Å². The number of carboxylic acids is 1. The molecule has 1 aromatic heterocycles. The highest BCUT2D eigenvalue weighted by Crippen LogP contribution is 2.29. The van der Waals surface area contributed by atoms with E-state index < -0.39 is 5.97 Å². The number of nitrogens with one attached hydrogen (secondary N) is 1. The fraction of sp³-hybridized carbons (Fsp3) is 0.538. The molecule has 1 aliphatic rings. The number of rotatable bonds is 4. The molecule has 0 saturated heterocycles. The number of hydrogen-bond acceptors (Lipinski definition) is 4. The average Bonchev–Trinajstić information content (AvgIpc) is 2.41. The van der Waals surface area contributed by atoms with Crippen molar-refractivity contribution in [2.45, 2.75) is 37.0 Å². The van der Waals surface area contributed by atoms with E-state index in [0.717, 1.165) is 6.42 Å². The van der Waals surface area contributed by atoms with Crippen molar-refractivity contribution >= 4 is 35.1 Å². The van der Waals surface area contributed by atoms with Crippen LogP contribution < -0.4 is 5.32 Å². The number of carbonyl (C=O) groups is 1. The molecule has 0 radical (unpaired) electrons. The summed E-state index contributed by atoms with van der Waals surface area (Å²) in [5.41, 5.74) is -0.0943. The maximum absolute atomic E-state index is 11.0. The van der Waals surface area contributed by atoms with Crippen molar-refractivity contribution in [2.75, 3.05) is 11.6 Å². The molecule has 0 bridgehead atoms. The van der Waals surface area contributed by atoms with Crippen LogP contribution in [0.4, 0.5) is 5.82 Å². The van der Waals surface area contributed by atoms with Crippen LogP contribution in [-0.4, -0.2) is 33.6 Å². The molecule has 1 heterocycles. The van der Waals surface area contributed by atoms with Gasteiger partial charge >= 0.3 is 5.97 Å². The van der Waals surface area contributed by atoms with Gasteiger partial charge in [-0.25, -0.2) is 9.78 Å². The van der Waals surface area contributed by atoms with E-state index in [0.29, 0.717) is 17.1 Å². The Morgan fingerprint density at radius 2 is 2.21 bits per heavy atom. The van der Waals surface area contributed by atoms with Crippen LogP contribution >= 0.6 is 23.4 Å². The van der Waals surface area contributed by atoms with Crippen molar-refractivity contribution in [1.29, 1.82) is 0 Å². The predicted molar refractivity (Wildman–Crippen MR) is 79.4 cm³/mol. The summed E-state index contributed by atoms with van der Waals surface area (Å²) < 4.78 is 0. The smallest absolute Gasteiger partial charge is 0.356 e. The normalized spacial score (nSPS) is 23.1. The van der Waals surface area contributed by atoms with Gasteiger partial charge in [-0.2, -0.15) is 11.8 Å². The SMILES string of the molecule is CSC1CCCCC1Nc1ccc(Cl)c(C(=O)O)n1. The number of thioether (sulfide) groups is 1. The predicted octanol–water partition coefficient (Wildman–Crippen LogP) is 3.52. The topological polar surface area (TPSA) is 62.2 Å². The summed E-state index contributed by atoms with van der Waals surface area (Å²) >= 11 is 7.67. The molecule has 0 spiro atoms. The number of halogens is 1. The molecule has 1 saturated carbocycles. The van der Waals surface area contributed by atoms with E-state index in [1.165, 1.54) is 19.3 Å². The Kier molecular flexibility index (Phi) is 4.93. The number of anilines is 1. The Labute approximate surface area is 121 Å². The van der Waals surface area contributed by atoms with Gasteiger partial charge in [0.15, 0.2) is 5.69 Å². The van der Waals surface area contributed by atoms with Crippen LogP contribution in [-0.2, 0) is 0 Å². The fourth-order valence-electron chi connectivity index (χ4n) is 2.41. The average molecular weight is 301 g/mol. The summed E-state index contributed by atoms with van der Waals surface area (Å²) in [6, 6.07) is 3.66. The molecule has 19 heavy (non-hydrogen) atoms. The van der Waals surface area contributed by atoms with Crippen molar-refractivity contribution in [3.63, 3.8) is 0 Å². The summed E-state index contributed by atoms with van der Waals surface area (Å²) in [5.74, 6) is -0.508. The van der Waals surface area contributed by atoms with Crippen LogP contribution in [0.2, 0.25) is 5.02 Å². The second kappa shape index (κ2) is 6.48. The quantitative estimate of drug-likeness (QED) is 0.891. The number of aromatic nitrogens is 1. The summed E-state index contributed by atoms with van der Waals surface area (Å²) in [6.45, 7) is 0. The van der Waals surface area contributed by atoms with Crippen LogP contribution in [0.3, 0.4) is 0 Å². The molecule has 2 unspecified atom stereocenters. The van der Waals surface area contributed by atoms with Crippen molar-refractivity contribution < 1.29 is 9.90 Å². The monoisotopic (exact) mass is 300 g/mol. The third-order valence-corrected chi connectivity index (χ3v) is 4.86. The first-order valence-electron chi connectivity index (χ1n) is 6.31. The summed E-state index contributed by atoms with van der Waals surface area (Å²) in [4.78, 5) is 15.1. The standard InChI is InChI=1S/C13H17ClN2O2S/c1-19-10-5-3-2-4-9(10)15-11-7-6-8(14)12(16-11)13(17)18/h6-7,9-10H,2-5H2,1H3,(H,15,16)(H,17,18). The molecule has 4 nitrogen and oxygen atoms in total. The van der Waals surface area contributed by atoms with Gasteiger partial charge in [0, 0.05) is 11.3 Å². The van der Waals surface area contributed by atoms with Crippen molar-refractivity contribution in [3.05, 3.63) is 22.8 Å². The zero-order valence-corrected chi connectivity index (χ0v) is 12.3. The second-order valence-corrected chi connectivity index (χ2v) is 6.13. The van der Waals surface area contributed by atoms with Gasteiger partial charge in [0.05, 0.1) is 5.02 Å². The van der Waals surface area contributed by atoms with Crippen LogP contribution in [0.1, 0.15) is 36.2 Å². The zero-order valence-electron chi connectivity index (χ0n) is 10.7. The Balaban J connectivity index is 2.14. The first-order chi connectivity index (χ1) is 9.11. The van der Waals surface area contributed by atoms with E-state index in [1.54, 1.807) is 12.1 Å². The Morgan fingerprint density at radius 3 is 2.89 bits per heavy atom. The summed E-state index contributed by atoms with van der Waals surface area (Å²) in [7, 11) is 0. The highest BCUT2D eigenvalue weighted by atomic mass is 35.5. The molecule has 0 aromatic carbocycles. The Hall–Kier alpha value is -0.940. The molecule has 1 aliphatic carbocycles. The van der Waals surface area contributed by atoms with Crippen LogP contribution in [0, 0.1) is 0 Å². The van der Waals surface area contributed by atoms with Gasteiger partial charge < -0.3 is 10.4 Å². The van der Waals surface area contributed by atoms with Gasteiger partial charge in [-0.15, -0.1) is 0 Å². The molecule has 104 valence electrons. The molecule has 2 rings (SSSR count). The maximum Gasteiger partial charge on any atom is 0.356 e. The molecule has 2 N–H and O–H groups in total. The molecule has 2 atom stereocenters. The number of pyridine rings is 1. The van der Waals surface area contributed by atoms with Crippen LogP contribution in [0.5, 0.6) is 0 Å². The van der Waals surface area contributed by atoms with Crippen molar-refractivity contribution in [3.8, 4) is 0 Å². The van der Waals surface area contributed by atoms with E-state index in [1.807, 2.05) is 11.8 Å². The maximum atomic E-state index is 11.0. The van der Waals surface area contributed by atoms with Crippen LogP contribution in [0.15, 0.2) is 12.1 Å². The van der Waals surface area contributed by atoms with Gasteiger partial charge in [0.25, 0.3) is 0 Å². The zero-order chi connectivity index (χ0) is 13.8. The van der Waals surface area contributed by atoms with E-state index in [2.05, 4.69) is 16.6 Å². The van der Waals surface area contributed by atoms with Crippen LogP contribution in [0.25, 0.3) is 0 Å². The van der Waals surface area contributed by atoms with E-state index in [9.17, 15) is 4.79 Å². The van der Waals surface area contributed by atoms with Crippen molar-refractivity contribution in [2.24, 2.45) is 0 Å². The number of hydrogen-bond donors (Lipinski definition) is 2. The number of nitrogens with zero attached hydrogens (tertiary/aromatic N) is 1. The minimum Gasteiger partial charge on any atom is -0.476 e. The first kappa shape index (κ1) is 14.5. The minimum absolute atomic E-state index is 0.0943. The van der Waals surface area contributed by atoms with E-state index >= 15 is 0 Å². The Morgan fingerprint density at radius 1 is 1.47 bits per heavy atom. The van der Waals surface area contributed by atoms with Gasteiger partial charge in [0.1, 0.15) is 5.82 Å². The lowest BCUT2D eigenvalue weighted by Crippen LogP contribution is -2.34. The largest absolute Gasteiger partial charge is 0.476 e. The summed E-state index contributed by atoms with van der Waals surface area (Å²) in [6.07, 6.45) is 6.87.